The van der Waals surface area contributed by atoms with Gasteiger partial charge in [-0.05, 0) is 90.7 Å². The van der Waals surface area contributed by atoms with Gasteiger partial charge in [0.2, 0.25) is 0 Å². The number of phenols is 2. The lowest BCUT2D eigenvalue weighted by Crippen LogP contribution is -2.21. The van der Waals surface area contributed by atoms with E-state index in [0.29, 0.717) is 28.2 Å². The van der Waals surface area contributed by atoms with Crippen molar-refractivity contribution in [1.29, 1.82) is 0 Å². The first-order valence-electron chi connectivity index (χ1n) is 14.9. The molecule has 0 saturated heterocycles. The van der Waals surface area contributed by atoms with Crippen molar-refractivity contribution in [2.45, 2.75) is 23.6 Å². The van der Waals surface area contributed by atoms with Gasteiger partial charge in [-0.1, -0.05) is 29.8 Å². The van der Waals surface area contributed by atoms with Crippen LogP contribution < -0.4 is 14.9 Å². The predicted octanol–water partition coefficient (Wildman–Crippen LogP) is 4.76. The average Bonchev–Trinajstić information content (AvgIpc) is 3.50. The first-order valence-corrected chi connectivity index (χ1v) is 18.1. The monoisotopic (exact) mass is 754 g/mol. The number of aromatic hydroxyl groups is 2. The van der Waals surface area contributed by atoms with E-state index in [2.05, 4.69) is 24.4 Å². The Bertz CT molecular complexity index is 2290. The molecule has 0 saturated carbocycles. The molecule has 0 bridgehead atoms. The normalized spacial score (nSPS) is 14.6. The van der Waals surface area contributed by atoms with Crippen LogP contribution in [0.1, 0.15) is 33.4 Å². The van der Waals surface area contributed by atoms with Crippen LogP contribution in [-0.2, 0) is 20.0 Å². The van der Waals surface area contributed by atoms with Gasteiger partial charge in [0.25, 0.3) is 20.0 Å². The van der Waals surface area contributed by atoms with Crippen LogP contribution in [0, 0.1) is 13.8 Å². The molecule has 2 aliphatic rings. The Labute approximate surface area is 301 Å². The molecule has 51 heavy (non-hydrogen) atoms. The number of methoxy groups -OCH3 is 2. The maximum Gasteiger partial charge on any atom is 0.285 e. The first kappa shape index (κ1) is 38.4. The summed E-state index contributed by atoms with van der Waals surface area (Å²) in [5, 5.41) is 28.4. The van der Waals surface area contributed by atoms with Crippen molar-refractivity contribution in [2.24, 2.45) is 19.0 Å². The molecule has 4 aromatic carbocycles. The topological polar surface area (TPSA) is 192 Å². The molecule has 0 unspecified atom stereocenters. The highest BCUT2D eigenvalue weighted by Gasteiger charge is 2.31. The molecule has 14 nitrogen and oxygen atoms in total. The molecule has 0 aliphatic carbocycles. The number of nitrogens with zero attached hydrogens (tertiary/aromatic N) is 5. The van der Waals surface area contributed by atoms with Crippen molar-refractivity contribution in [3.8, 4) is 23.0 Å². The Morgan fingerprint density at radius 2 is 1.24 bits per heavy atom. The van der Waals surface area contributed by atoms with E-state index < -0.39 is 20.0 Å². The molecular formula is C34H35ClN6O8S2. The van der Waals surface area contributed by atoms with E-state index in [1.165, 1.54) is 31.5 Å². The quantitative estimate of drug-likeness (QED) is 0.183. The maximum absolute atomic E-state index is 12.2. The lowest BCUT2D eigenvalue weighted by atomic mass is 10.1. The first-order chi connectivity index (χ1) is 24.1. The lowest BCUT2D eigenvalue weighted by Gasteiger charge is -2.12. The van der Waals surface area contributed by atoms with E-state index in [-0.39, 0.29) is 32.3 Å². The molecule has 0 atom stereocenters. The number of aryl methyl sites for hydroxylation is 2. The summed E-state index contributed by atoms with van der Waals surface area (Å²) in [6, 6.07) is 20.0. The molecule has 3 N–H and O–H groups in total. The van der Waals surface area contributed by atoms with Crippen molar-refractivity contribution in [2.75, 3.05) is 28.3 Å². The number of nitrogens with one attached hydrogen (secondary N) is 1. The number of amidine groups is 1. The highest BCUT2D eigenvalue weighted by molar-refractivity contribution is 7.91. The molecule has 4 aromatic rings. The minimum absolute atomic E-state index is 0.0311. The van der Waals surface area contributed by atoms with Gasteiger partial charge in [0.05, 0.1) is 31.5 Å². The molecular weight excluding hydrogens is 720 g/mol. The Morgan fingerprint density at radius 1 is 0.745 bits per heavy atom. The Morgan fingerprint density at radius 3 is 1.76 bits per heavy atom. The summed E-state index contributed by atoms with van der Waals surface area (Å²) in [5.74, 6) is 1.19. The van der Waals surface area contributed by atoms with Gasteiger partial charge in [0, 0.05) is 25.2 Å². The number of hydrogen-bond acceptors (Lipinski definition) is 12. The third-order valence-corrected chi connectivity index (χ3v) is 10.1. The van der Waals surface area contributed by atoms with Crippen LogP contribution >= 0.6 is 11.6 Å². The zero-order valence-electron chi connectivity index (χ0n) is 28.4. The molecule has 0 radical (unpaired) electrons. The molecule has 0 fully saturated rings. The van der Waals surface area contributed by atoms with Gasteiger partial charge in [0.15, 0.2) is 34.0 Å². The summed E-state index contributed by atoms with van der Waals surface area (Å²) in [4.78, 5) is 0.397. The highest BCUT2D eigenvalue weighted by Crippen LogP contribution is 2.30. The van der Waals surface area contributed by atoms with Gasteiger partial charge in [-0.3, -0.25) is 0 Å². The van der Waals surface area contributed by atoms with Crippen molar-refractivity contribution in [3.63, 3.8) is 0 Å². The third kappa shape index (κ3) is 9.22. The Hall–Kier alpha value is -5.45. The zero-order valence-corrected chi connectivity index (χ0v) is 30.7. The maximum atomic E-state index is 12.2. The summed E-state index contributed by atoms with van der Waals surface area (Å²) in [5.41, 5.74) is 6.93. The number of sulfonamides is 2. The second-order valence-electron chi connectivity index (χ2n) is 10.9. The molecule has 0 amide bonds. The Balaban J connectivity index is 0.000000189. The fraction of sp³-hybridized carbons (Fsp3) is 0.176. The van der Waals surface area contributed by atoms with Gasteiger partial charge >= 0.3 is 0 Å². The largest absolute Gasteiger partial charge is 0.504 e. The van der Waals surface area contributed by atoms with E-state index in [0.717, 1.165) is 16.7 Å². The Kier molecular flexibility index (Phi) is 12.1. The summed E-state index contributed by atoms with van der Waals surface area (Å²) in [6.45, 7) is 3.65. The number of fused-ring (bicyclic) bond motifs is 2. The number of hydrogen-bond donors (Lipinski definition) is 3. The van der Waals surface area contributed by atoms with Crippen molar-refractivity contribution in [3.05, 3.63) is 106 Å². The van der Waals surface area contributed by atoms with E-state index in [1.54, 1.807) is 81.0 Å². The number of hydrazone groups is 2. The van der Waals surface area contributed by atoms with Gasteiger partial charge < -0.3 is 25.1 Å². The number of halogens is 1. The van der Waals surface area contributed by atoms with Crippen molar-refractivity contribution < 1.29 is 36.5 Å². The van der Waals surface area contributed by atoms with Crippen LogP contribution in [0.15, 0.2) is 102 Å². The summed E-state index contributed by atoms with van der Waals surface area (Å²) < 4.78 is 64.3. The average molecular weight is 755 g/mol. The van der Waals surface area contributed by atoms with E-state index in [1.807, 2.05) is 19.9 Å². The number of rotatable bonds is 6. The molecule has 2 heterocycles. The van der Waals surface area contributed by atoms with Crippen LogP contribution in [0.5, 0.6) is 23.0 Å². The standard InChI is InChI=1S/C17H17N3O4S.C9H12N2O2.C8H6ClNO2S/c1-11-4-6-13-16(8-11)25(22,23)19-17(13)20(2)18-10-12-5-7-14(21)15(9-12)24-3;1-10-11-6-7-3-4-8(12)9(5-7)13-2;1-5-2-3-6-7(4-5)13(11,12)10-8(6)9/h4-10,21H,1-3H3;3-6,10,12H,1-2H3;2-4H,1H3/b18-10+;11-6+;. The predicted molar refractivity (Wildman–Crippen MR) is 197 cm³/mol. The number of benzene rings is 4. The second kappa shape index (κ2) is 16.1. The minimum Gasteiger partial charge on any atom is -0.504 e. The van der Waals surface area contributed by atoms with Crippen LogP contribution in [0.3, 0.4) is 0 Å². The van der Waals surface area contributed by atoms with E-state index >= 15 is 0 Å². The highest BCUT2D eigenvalue weighted by atomic mass is 35.5. The summed E-state index contributed by atoms with van der Waals surface area (Å²) in [7, 11) is -0.919. The minimum atomic E-state index is -3.70. The van der Waals surface area contributed by atoms with Crippen LogP contribution in [-0.4, -0.2) is 83.8 Å². The van der Waals surface area contributed by atoms with Gasteiger partial charge in [0.1, 0.15) is 4.90 Å². The van der Waals surface area contributed by atoms with E-state index in [9.17, 15) is 27.0 Å². The van der Waals surface area contributed by atoms with Crippen molar-refractivity contribution >= 4 is 55.1 Å². The molecule has 0 spiro atoms. The summed E-state index contributed by atoms with van der Waals surface area (Å²) in [6.07, 6.45) is 3.17. The van der Waals surface area contributed by atoms with Gasteiger partial charge in [-0.25, -0.2) is 5.01 Å². The second-order valence-corrected chi connectivity index (χ2v) is 14.4. The van der Waals surface area contributed by atoms with Crippen LogP contribution in [0.25, 0.3) is 0 Å². The SMILES string of the molecule is CN/N=C/c1ccc(O)c(OC)c1.COc1cc(/C=N/N(C)C2=NS(=O)(=O)c3cc(C)ccc32)ccc1O.Cc1ccc2c(c1)S(=O)(=O)N=C2Cl. The number of ether oxygens (including phenoxy) is 2. The van der Waals surface area contributed by atoms with Crippen LogP contribution in [0.4, 0.5) is 0 Å². The molecule has 0 aromatic heterocycles. The molecule has 268 valence electrons. The summed E-state index contributed by atoms with van der Waals surface area (Å²) >= 11 is 5.65. The molecule has 6 rings (SSSR count). The zero-order chi connectivity index (χ0) is 37.5. The van der Waals surface area contributed by atoms with E-state index in [4.69, 9.17) is 21.1 Å². The van der Waals surface area contributed by atoms with Gasteiger partial charge in [-0.15, -0.1) is 8.80 Å². The fourth-order valence-corrected chi connectivity index (χ4v) is 7.58. The van der Waals surface area contributed by atoms with Crippen molar-refractivity contribution in [1.82, 2.24) is 10.4 Å². The van der Waals surface area contributed by atoms with Crippen LogP contribution in [0.2, 0.25) is 0 Å². The fourth-order valence-electron chi connectivity index (χ4n) is 4.59. The lowest BCUT2D eigenvalue weighted by molar-refractivity contribution is 0.373. The van der Waals surface area contributed by atoms with Gasteiger partial charge in [-0.2, -0.15) is 27.0 Å². The molecule has 2 aliphatic heterocycles. The molecule has 17 heteroatoms. The number of phenolic OH excluding ortho intramolecular Hbond substituents is 2. The third-order valence-electron chi connectivity index (χ3n) is 7.14. The smallest absolute Gasteiger partial charge is 0.285 e.